The lowest BCUT2D eigenvalue weighted by molar-refractivity contribution is 0.178. The van der Waals surface area contributed by atoms with Crippen LogP contribution >= 0.6 is 0 Å². The Morgan fingerprint density at radius 2 is 1.71 bits per heavy atom. The third-order valence-electron chi connectivity index (χ3n) is 3.38. The summed E-state index contributed by atoms with van der Waals surface area (Å²) in [5.74, 6) is 0.239. The second-order valence-corrected chi connectivity index (χ2v) is 4.98. The van der Waals surface area contributed by atoms with E-state index in [-0.39, 0.29) is 5.82 Å². The van der Waals surface area contributed by atoms with Crippen molar-refractivity contribution in [3.63, 3.8) is 0 Å². The smallest absolute Gasteiger partial charge is 0.294 e. The molecule has 21 heavy (non-hydrogen) atoms. The Balaban J connectivity index is 2.36. The second kappa shape index (κ2) is 4.94. The van der Waals surface area contributed by atoms with E-state index < -0.39 is 5.56 Å². The Bertz CT molecular complexity index is 869. The number of rotatable bonds is 2. The number of nitrogens with zero attached hydrogens (tertiary/aromatic N) is 3. The van der Waals surface area contributed by atoms with E-state index in [1.54, 1.807) is 18.2 Å². The molecule has 0 aliphatic carbocycles. The van der Waals surface area contributed by atoms with Gasteiger partial charge in [-0.15, -0.1) is 4.73 Å². The zero-order valence-corrected chi connectivity index (χ0v) is 11.8. The second-order valence-electron chi connectivity index (χ2n) is 4.98. The average molecular weight is 281 g/mol. The molecule has 5 nitrogen and oxygen atoms in total. The van der Waals surface area contributed by atoms with Crippen molar-refractivity contribution in [3.8, 4) is 11.4 Å². The molecule has 5 heteroatoms. The van der Waals surface area contributed by atoms with Crippen molar-refractivity contribution in [2.75, 3.05) is 19.0 Å². The topological polar surface area (TPSA) is 58.4 Å². The third kappa shape index (κ3) is 2.12. The molecule has 0 unspecified atom stereocenters. The summed E-state index contributed by atoms with van der Waals surface area (Å²) in [6, 6.07) is 14.5. The summed E-state index contributed by atoms with van der Waals surface area (Å²) in [6.45, 7) is 0. The summed E-state index contributed by atoms with van der Waals surface area (Å²) in [4.78, 5) is 18.6. The van der Waals surface area contributed by atoms with E-state index in [1.165, 1.54) is 0 Å². The van der Waals surface area contributed by atoms with Gasteiger partial charge in [-0.2, -0.15) is 0 Å². The molecule has 0 bridgehead atoms. The van der Waals surface area contributed by atoms with Crippen LogP contribution in [0.15, 0.2) is 53.3 Å². The Morgan fingerprint density at radius 1 is 1.05 bits per heavy atom. The van der Waals surface area contributed by atoms with Gasteiger partial charge >= 0.3 is 0 Å². The first-order valence-corrected chi connectivity index (χ1v) is 6.57. The normalized spacial score (nSPS) is 10.8. The molecule has 0 spiro atoms. The van der Waals surface area contributed by atoms with Crippen LogP contribution in [0.1, 0.15) is 0 Å². The lowest BCUT2D eigenvalue weighted by Gasteiger charge is -2.17. The first-order valence-electron chi connectivity index (χ1n) is 6.57. The van der Waals surface area contributed by atoms with Crippen LogP contribution in [0.3, 0.4) is 0 Å². The molecular formula is C16H15N3O2. The van der Waals surface area contributed by atoms with E-state index in [4.69, 9.17) is 0 Å². The first kappa shape index (κ1) is 13.2. The van der Waals surface area contributed by atoms with Crippen LogP contribution in [0.4, 0.5) is 5.69 Å². The number of para-hydroxylation sites is 2. The highest BCUT2D eigenvalue weighted by Crippen LogP contribution is 2.27. The van der Waals surface area contributed by atoms with Crippen molar-refractivity contribution >= 4 is 16.6 Å². The van der Waals surface area contributed by atoms with Crippen LogP contribution in [0.25, 0.3) is 22.3 Å². The molecular weight excluding hydrogens is 266 g/mol. The molecule has 2 aromatic carbocycles. The molecule has 3 rings (SSSR count). The van der Waals surface area contributed by atoms with Gasteiger partial charge in [0.25, 0.3) is 5.56 Å². The molecule has 0 fully saturated rings. The van der Waals surface area contributed by atoms with Crippen molar-refractivity contribution < 1.29 is 5.21 Å². The van der Waals surface area contributed by atoms with Gasteiger partial charge in [-0.1, -0.05) is 24.3 Å². The minimum Gasteiger partial charge on any atom is -0.423 e. The molecule has 0 amide bonds. The van der Waals surface area contributed by atoms with Crippen molar-refractivity contribution in [2.24, 2.45) is 0 Å². The summed E-state index contributed by atoms with van der Waals surface area (Å²) >= 11 is 0. The fourth-order valence-corrected chi connectivity index (χ4v) is 2.35. The summed E-state index contributed by atoms with van der Waals surface area (Å²) in [5.41, 5.74) is 1.68. The fraction of sp³-hybridized carbons (Fsp3) is 0.125. The quantitative estimate of drug-likeness (QED) is 0.733. The number of hydrogen-bond donors (Lipinski definition) is 1. The lowest BCUT2D eigenvalue weighted by atomic mass is 10.1. The number of benzene rings is 2. The minimum atomic E-state index is -0.468. The monoisotopic (exact) mass is 281 g/mol. The average Bonchev–Trinajstić information content (AvgIpc) is 2.51. The molecule has 0 saturated carbocycles. The van der Waals surface area contributed by atoms with Crippen molar-refractivity contribution in [3.05, 3.63) is 58.9 Å². The molecule has 0 saturated heterocycles. The van der Waals surface area contributed by atoms with Gasteiger partial charge in [0.05, 0.1) is 10.9 Å². The number of fused-ring (bicyclic) bond motifs is 1. The third-order valence-corrected chi connectivity index (χ3v) is 3.38. The van der Waals surface area contributed by atoms with Crippen molar-refractivity contribution in [2.45, 2.75) is 0 Å². The molecule has 3 aromatic rings. The van der Waals surface area contributed by atoms with Crippen LogP contribution in [0.2, 0.25) is 0 Å². The molecule has 0 aliphatic heterocycles. The Kier molecular flexibility index (Phi) is 3.10. The summed E-state index contributed by atoms with van der Waals surface area (Å²) in [7, 11) is 3.80. The highest BCUT2D eigenvalue weighted by Gasteiger charge is 2.15. The van der Waals surface area contributed by atoms with Gasteiger partial charge in [-0.25, -0.2) is 4.98 Å². The highest BCUT2D eigenvalue weighted by molar-refractivity contribution is 5.82. The largest absolute Gasteiger partial charge is 0.423 e. The summed E-state index contributed by atoms with van der Waals surface area (Å²) < 4.78 is 0.616. The van der Waals surface area contributed by atoms with E-state index in [2.05, 4.69) is 4.98 Å². The Labute approximate surface area is 121 Å². The molecule has 1 heterocycles. The SMILES string of the molecule is CN(C)c1ccccc1-c1nc2ccccc2c(=O)n1O. The van der Waals surface area contributed by atoms with Crippen LogP contribution in [-0.2, 0) is 0 Å². The van der Waals surface area contributed by atoms with Gasteiger partial charge in [-0.05, 0) is 24.3 Å². The van der Waals surface area contributed by atoms with E-state index in [1.807, 2.05) is 49.3 Å². The molecule has 0 radical (unpaired) electrons. The molecule has 0 atom stereocenters. The molecule has 106 valence electrons. The number of anilines is 1. The van der Waals surface area contributed by atoms with Gasteiger partial charge in [0.2, 0.25) is 0 Å². The molecule has 0 aliphatic rings. The minimum absolute atomic E-state index is 0.239. The zero-order chi connectivity index (χ0) is 15.0. The summed E-state index contributed by atoms with van der Waals surface area (Å²) in [6.07, 6.45) is 0. The summed E-state index contributed by atoms with van der Waals surface area (Å²) in [5, 5.41) is 10.6. The van der Waals surface area contributed by atoms with E-state index in [0.717, 1.165) is 5.69 Å². The Hall–Kier alpha value is -2.82. The van der Waals surface area contributed by atoms with Gasteiger partial charge in [0.1, 0.15) is 0 Å². The Morgan fingerprint density at radius 3 is 2.48 bits per heavy atom. The van der Waals surface area contributed by atoms with Crippen LogP contribution in [0, 0.1) is 0 Å². The van der Waals surface area contributed by atoms with Crippen LogP contribution < -0.4 is 10.5 Å². The standard InChI is InChI=1S/C16H15N3O2/c1-18(2)14-10-6-4-8-12(14)15-17-13-9-5-3-7-11(13)16(20)19(15)21/h3-10,21H,1-2H3. The lowest BCUT2D eigenvalue weighted by Crippen LogP contribution is -2.22. The first-order chi connectivity index (χ1) is 10.1. The zero-order valence-electron chi connectivity index (χ0n) is 11.8. The predicted molar refractivity (Wildman–Crippen MR) is 83.0 cm³/mol. The predicted octanol–water partition coefficient (Wildman–Crippen LogP) is 2.37. The van der Waals surface area contributed by atoms with Gasteiger partial charge in [0.15, 0.2) is 5.82 Å². The fourth-order valence-electron chi connectivity index (χ4n) is 2.35. The maximum atomic E-state index is 12.3. The number of aromatic nitrogens is 2. The molecule has 1 N–H and O–H groups in total. The van der Waals surface area contributed by atoms with Crippen LogP contribution in [0.5, 0.6) is 0 Å². The van der Waals surface area contributed by atoms with Gasteiger partial charge < -0.3 is 10.1 Å². The van der Waals surface area contributed by atoms with E-state index >= 15 is 0 Å². The van der Waals surface area contributed by atoms with Crippen molar-refractivity contribution in [1.82, 2.24) is 9.71 Å². The highest BCUT2D eigenvalue weighted by atomic mass is 16.5. The van der Waals surface area contributed by atoms with Gasteiger partial charge in [0, 0.05) is 25.3 Å². The van der Waals surface area contributed by atoms with Gasteiger partial charge in [-0.3, -0.25) is 4.79 Å². The molecule has 1 aromatic heterocycles. The number of hydrogen-bond acceptors (Lipinski definition) is 4. The van der Waals surface area contributed by atoms with Crippen LogP contribution in [-0.4, -0.2) is 29.0 Å². The maximum absolute atomic E-state index is 12.3. The van der Waals surface area contributed by atoms with E-state index in [9.17, 15) is 10.0 Å². The van der Waals surface area contributed by atoms with E-state index in [0.29, 0.717) is 21.2 Å². The van der Waals surface area contributed by atoms with Crippen molar-refractivity contribution in [1.29, 1.82) is 0 Å². The maximum Gasteiger partial charge on any atom is 0.294 e.